The Balaban J connectivity index is 3.28. The molecule has 0 bridgehead atoms. The SMILES string of the molecule is CCC(CCCl)CCCCCCCCCCCCC(=O)OC(C)(C)C. The average molecular weight is 375 g/mol. The minimum atomic E-state index is -0.349. The molecule has 0 rings (SSSR count). The molecule has 0 aromatic carbocycles. The molecule has 0 aromatic heterocycles. The number of rotatable bonds is 16. The summed E-state index contributed by atoms with van der Waals surface area (Å²) in [7, 11) is 0. The summed E-state index contributed by atoms with van der Waals surface area (Å²) in [5.41, 5.74) is -0.349. The van der Waals surface area contributed by atoms with Gasteiger partial charge in [-0.15, -0.1) is 11.6 Å². The summed E-state index contributed by atoms with van der Waals surface area (Å²) >= 11 is 5.84. The first-order valence-electron chi connectivity index (χ1n) is 10.7. The average Bonchev–Trinajstić information content (AvgIpc) is 2.53. The molecule has 0 aliphatic heterocycles. The van der Waals surface area contributed by atoms with Crippen molar-refractivity contribution in [2.75, 3.05) is 5.88 Å². The van der Waals surface area contributed by atoms with Gasteiger partial charge in [0, 0.05) is 12.3 Å². The van der Waals surface area contributed by atoms with E-state index in [9.17, 15) is 4.79 Å². The highest BCUT2D eigenvalue weighted by atomic mass is 35.5. The molecule has 0 radical (unpaired) electrons. The van der Waals surface area contributed by atoms with Crippen LogP contribution >= 0.6 is 11.6 Å². The fourth-order valence-corrected chi connectivity index (χ4v) is 3.52. The fourth-order valence-electron chi connectivity index (χ4n) is 3.22. The predicted octanol–water partition coefficient (Wildman–Crippen LogP) is 7.66. The monoisotopic (exact) mass is 374 g/mol. The molecule has 1 unspecified atom stereocenters. The summed E-state index contributed by atoms with van der Waals surface area (Å²) in [5, 5.41) is 0. The second kappa shape index (κ2) is 16.0. The molecular formula is C22H43ClO2. The molecule has 1 atom stereocenters. The van der Waals surface area contributed by atoms with Crippen molar-refractivity contribution in [1.29, 1.82) is 0 Å². The lowest BCUT2D eigenvalue weighted by molar-refractivity contribution is -0.154. The van der Waals surface area contributed by atoms with E-state index in [1.54, 1.807) is 0 Å². The highest BCUT2D eigenvalue weighted by Gasteiger charge is 2.15. The molecule has 3 heteroatoms. The Bertz CT molecular complexity index is 310. The summed E-state index contributed by atoms with van der Waals surface area (Å²) in [6.07, 6.45) is 17.3. The van der Waals surface area contributed by atoms with Gasteiger partial charge in [-0.3, -0.25) is 4.79 Å². The largest absolute Gasteiger partial charge is 0.460 e. The zero-order valence-corrected chi connectivity index (χ0v) is 18.1. The number of carbonyl (C=O) groups is 1. The van der Waals surface area contributed by atoms with Crippen molar-refractivity contribution in [3.05, 3.63) is 0 Å². The Morgan fingerprint density at radius 2 is 1.32 bits per heavy atom. The second-order valence-electron chi connectivity index (χ2n) is 8.41. The Morgan fingerprint density at radius 1 is 0.840 bits per heavy atom. The van der Waals surface area contributed by atoms with Crippen LogP contribution in [0, 0.1) is 5.92 Å². The lowest BCUT2D eigenvalue weighted by Gasteiger charge is -2.19. The lowest BCUT2D eigenvalue weighted by atomic mass is 9.95. The normalized spacial score (nSPS) is 13.0. The molecule has 25 heavy (non-hydrogen) atoms. The molecule has 0 heterocycles. The van der Waals surface area contributed by atoms with Crippen molar-refractivity contribution in [3.63, 3.8) is 0 Å². The van der Waals surface area contributed by atoms with Crippen LogP contribution in [-0.2, 0) is 9.53 Å². The Morgan fingerprint density at radius 3 is 1.76 bits per heavy atom. The molecule has 0 amide bonds. The van der Waals surface area contributed by atoms with Crippen LogP contribution in [0.2, 0.25) is 0 Å². The molecule has 0 saturated heterocycles. The predicted molar refractivity (Wildman–Crippen MR) is 110 cm³/mol. The number of unbranched alkanes of at least 4 members (excludes halogenated alkanes) is 9. The standard InChI is InChI=1S/C22H43ClO2/c1-5-20(18-19-23)16-14-12-10-8-6-7-9-11-13-15-17-21(24)25-22(2,3)4/h20H,5-19H2,1-4H3. The van der Waals surface area contributed by atoms with Gasteiger partial charge in [0.25, 0.3) is 0 Å². The molecule has 0 aromatic rings. The Labute approximate surface area is 162 Å². The third-order valence-corrected chi connectivity index (χ3v) is 4.98. The smallest absolute Gasteiger partial charge is 0.306 e. The van der Waals surface area contributed by atoms with Crippen molar-refractivity contribution < 1.29 is 9.53 Å². The van der Waals surface area contributed by atoms with Crippen LogP contribution in [0.15, 0.2) is 0 Å². The van der Waals surface area contributed by atoms with Gasteiger partial charge < -0.3 is 4.74 Å². The molecule has 2 nitrogen and oxygen atoms in total. The van der Waals surface area contributed by atoms with E-state index in [0.717, 1.165) is 24.6 Å². The van der Waals surface area contributed by atoms with E-state index in [0.29, 0.717) is 6.42 Å². The maximum atomic E-state index is 11.6. The summed E-state index contributed by atoms with van der Waals surface area (Å²) in [6, 6.07) is 0. The molecule has 0 spiro atoms. The zero-order chi connectivity index (χ0) is 19.0. The van der Waals surface area contributed by atoms with Gasteiger partial charge in [0.2, 0.25) is 0 Å². The number of hydrogen-bond acceptors (Lipinski definition) is 2. The number of carbonyl (C=O) groups excluding carboxylic acids is 1. The molecule has 150 valence electrons. The Kier molecular flexibility index (Phi) is 15.8. The first-order valence-corrected chi connectivity index (χ1v) is 11.2. The van der Waals surface area contributed by atoms with Crippen molar-refractivity contribution in [2.45, 2.75) is 123 Å². The summed E-state index contributed by atoms with van der Waals surface area (Å²) in [4.78, 5) is 11.6. The minimum absolute atomic E-state index is 0.0520. The minimum Gasteiger partial charge on any atom is -0.460 e. The molecule has 0 aliphatic rings. The fraction of sp³-hybridized carbons (Fsp3) is 0.955. The quantitative estimate of drug-likeness (QED) is 0.157. The molecule has 0 N–H and O–H groups in total. The third kappa shape index (κ3) is 18.4. The first-order chi connectivity index (χ1) is 11.9. The van der Waals surface area contributed by atoms with Gasteiger partial charge in [-0.2, -0.15) is 0 Å². The van der Waals surface area contributed by atoms with E-state index in [4.69, 9.17) is 16.3 Å². The van der Waals surface area contributed by atoms with Crippen LogP contribution in [0.4, 0.5) is 0 Å². The number of esters is 1. The maximum Gasteiger partial charge on any atom is 0.306 e. The highest BCUT2D eigenvalue weighted by molar-refractivity contribution is 6.17. The van der Waals surface area contributed by atoms with Crippen LogP contribution in [0.25, 0.3) is 0 Å². The Hall–Kier alpha value is -0.240. The van der Waals surface area contributed by atoms with Crippen molar-refractivity contribution >= 4 is 17.6 Å². The molecular weight excluding hydrogens is 332 g/mol. The van der Waals surface area contributed by atoms with E-state index < -0.39 is 0 Å². The summed E-state index contributed by atoms with van der Waals surface area (Å²) in [5.74, 6) is 1.61. The lowest BCUT2D eigenvalue weighted by Crippen LogP contribution is -2.23. The van der Waals surface area contributed by atoms with Gasteiger partial charge >= 0.3 is 5.97 Å². The van der Waals surface area contributed by atoms with Gasteiger partial charge in [-0.25, -0.2) is 0 Å². The molecule has 0 saturated carbocycles. The highest BCUT2D eigenvalue weighted by Crippen LogP contribution is 2.19. The maximum absolute atomic E-state index is 11.6. The van der Waals surface area contributed by atoms with Crippen LogP contribution in [-0.4, -0.2) is 17.5 Å². The van der Waals surface area contributed by atoms with E-state index in [-0.39, 0.29) is 11.6 Å². The van der Waals surface area contributed by atoms with Gasteiger partial charge in [-0.05, 0) is 39.5 Å². The van der Waals surface area contributed by atoms with Crippen LogP contribution in [0.3, 0.4) is 0 Å². The number of alkyl halides is 1. The van der Waals surface area contributed by atoms with Gasteiger partial charge in [-0.1, -0.05) is 77.6 Å². The van der Waals surface area contributed by atoms with Crippen LogP contribution in [0.5, 0.6) is 0 Å². The van der Waals surface area contributed by atoms with Gasteiger partial charge in [0.05, 0.1) is 0 Å². The number of ether oxygens (including phenoxy) is 1. The van der Waals surface area contributed by atoms with Gasteiger partial charge in [0.15, 0.2) is 0 Å². The number of hydrogen-bond donors (Lipinski definition) is 0. The first kappa shape index (κ1) is 24.8. The van der Waals surface area contributed by atoms with Gasteiger partial charge in [0.1, 0.15) is 5.60 Å². The summed E-state index contributed by atoms with van der Waals surface area (Å²) < 4.78 is 5.32. The van der Waals surface area contributed by atoms with Crippen molar-refractivity contribution in [3.8, 4) is 0 Å². The van der Waals surface area contributed by atoms with Crippen LogP contribution < -0.4 is 0 Å². The van der Waals surface area contributed by atoms with E-state index >= 15 is 0 Å². The van der Waals surface area contributed by atoms with E-state index in [2.05, 4.69) is 6.92 Å². The molecule has 0 aliphatic carbocycles. The summed E-state index contributed by atoms with van der Waals surface area (Å²) in [6.45, 7) is 8.05. The topological polar surface area (TPSA) is 26.3 Å². The van der Waals surface area contributed by atoms with E-state index in [1.807, 2.05) is 20.8 Å². The number of halogens is 1. The van der Waals surface area contributed by atoms with Crippen molar-refractivity contribution in [1.82, 2.24) is 0 Å². The van der Waals surface area contributed by atoms with E-state index in [1.165, 1.54) is 70.6 Å². The third-order valence-electron chi connectivity index (χ3n) is 4.76. The second-order valence-corrected chi connectivity index (χ2v) is 8.79. The molecule has 0 fully saturated rings. The van der Waals surface area contributed by atoms with Crippen molar-refractivity contribution in [2.24, 2.45) is 5.92 Å². The zero-order valence-electron chi connectivity index (χ0n) is 17.4. The van der Waals surface area contributed by atoms with Crippen LogP contribution in [0.1, 0.15) is 118 Å².